The minimum absolute atomic E-state index is 0.774. The second-order valence-corrected chi connectivity index (χ2v) is 4.96. The molecule has 0 aliphatic carbocycles. The van der Waals surface area contributed by atoms with Crippen LogP contribution in [0.2, 0.25) is 0 Å². The first-order valence-electron chi connectivity index (χ1n) is 5.77. The van der Waals surface area contributed by atoms with E-state index in [4.69, 9.17) is 10.5 Å². The van der Waals surface area contributed by atoms with Crippen LogP contribution < -0.4 is 10.5 Å². The summed E-state index contributed by atoms with van der Waals surface area (Å²) in [6, 6.07) is 5.83. The lowest BCUT2D eigenvalue weighted by Gasteiger charge is -2.13. The quantitative estimate of drug-likeness (QED) is 0.605. The molecule has 0 amide bonds. The molecule has 2 nitrogen and oxygen atoms in total. The number of hydrogen-bond donors (Lipinski definition) is 1. The van der Waals surface area contributed by atoms with Crippen LogP contribution in [0, 0.1) is 5.92 Å². The van der Waals surface area contributed by atoms with Crippen LogP contribution in [0.4, 0.5) is 5.69 Å². The van der Waals surface area contributed by atoms with E-state index in [1.54, 1.807) is 7.11 Å². The van der Waals surface area contributed by atoms with E-state index in [1.807, 2.05) is 30.0 Å². The van der Waals surface area contributed by atoms with E-state index in [9.17, 15) is 0 Å². The highest BCUT2D eigenvalue weighted by molar-refractivity contribution is 7.99. The first kappa shape index (κ1) is 13.2. The Balaban J connectivity index is 2.65. The Morgan fingerprint density at radius 2 is 2.00 bits per heavy atom. The van der Waals surface area contributed by atoms with Crippen LogP contribution in [0.3, 0.4) is 0 Å². The maximum atomic E-state index is 5.94. The van der Waals surface area contributed by atoms with Gasteiger partial charge in [-0.2, -0.15) is 0 Å². The van der Waals surface area contributed by atoms with Gasteiger partial charge in [0.05, 0.1) is 7.11 Å². The van der Waals surface area contributed by atoms with Crippen LogP contribution in [-0.2, 0) is 0 Å². The molecule has 16 heavy (non-hydrogen) atoms. The zero-order valence-corrected chi connectivity index (χ0v) is 11.1. The molecule has 0 atom stereocenters. The number of hydrogen-bond acceptors (Lipinski definition) is 3. The summed E-state index contributed by atoms with van der Waals surface area (Å²) in [6.07, 6.45) is 2.46. The Kier molecular flexibility index (Phi) is 5.53. The van der Waals surface area contributed by atoms with E-state index in [2.05, 4.69) is 13.8 Å². The number of anilines is 1. The Hall–Kier alpha value is -0.830. The topological polar surface area (TPSA) is 35.2 Å². The van der Waals surface area contributed by atoms with Gasteiger partial charge in [-0.25, -0.2) is 0 Å². The van der Waals surface area contributed by atoms with Gasteiger partial charge in [-0.3, -0.25) is 0 Å². The van der Waals surface area contributed by atoms with Crippen LogP contribution in [0.15, 0.2) is 23.1 Å². The van der Waals surface area contributed by atoms with E-state index >= 15 is 0 Å². The highest BCUT2D eigenvalue weighted by Crippen LogP contribution is 2.31. The van der Waals surface area contributed by atoms with Crippen molar-refractivity contribution in [2.45, 2.75) is 31.6 Å². The number of nitrogen functional groups attached to an aromatic ring is 1. The van der Waals surface area contributed by atoms with Crippen molar-refractivity contribution in [3.63, 3.8) is 0 Å². The van der Waals surface area contributed by atoms with Crippen LogP contribution >= 0.6 is 11.8 Å². The van der Waals surface area contributed by atoms with Gasteiger partial charge in [-0.15, -0.1) is 11.8 Å². The highest BCUT2D eigenvalue weighted by Gasteiger charge is 2.07. The Morgan fingerprint density at radius 3 is 2.56 bits per heavy atom. The van der Waals surface area contributed by atoms with Crippen molar-refractivity contribution in [3.05, 3.63) is 18.2 Å². The van der Waals surface area contributed by atoms with Crippen molar-refractivity contribution in [1.82, 2.24) is 0 Å². The molecule has 1 rings (SSSR count). The summed E-state index contributed by atoms with van der Waals surface area (Å²) < 4.78 is 5.20. The number of rotatable bonds is 6. The molecular weight excluding hydrogens is 218 g/mol. The number of methoxy groups -OCH3 is 1. The molecule has 90 valence electrons. The molecule has 0 unspecified atom stereocenters. The number of thioether (sulfide) groups is 1. The Labute approximate surface area is 103 Å². The molecule has 1 aromatic carbocycles. The molecule has 0 saturated carbocycles. The van der Waals surface area contributed by atoms with Gasteiger partial charge in [0, 0.05) is 16.3 Å². The maximum Gasteiger partial charge on any atom is 0.120 e. The Morgan fingerprint density at radius 1 is 1.31 bits per heavy atom. The van der Waals surface area contributed by atoms with Crippen molar-refractivity contribution in [3.8, 4) is 5.75 Å². The minimum Gasteiger partial charge on any atom is -0.497 e. The fourth-order valence-corrected chi connectivity index (χ4v) is 2.82. The lowest BCUT2D eigenvalue weighted by Crippen LogP contribution is -2.00. The molecule has 2 N–H and O–H groups in total. The molecule has 0 saturated heterocycles. The fraction of sp³-hybridized carbons (Fsp3) is 0.538. The van der Waals surface area contributed by atoms with Crippen LogP contribution in [0.25, 0.3) is 0 Å². The molecule has 0 heterocycles. The van der Waals surface area contributed by atoms with Gasteiger partial charge in [-0.05, 0) is 24.1 Å². The standard InChI is InChI=1S/C13H21NOS/c1-4-10(5-2)9-16-13-8-11(15-3)6-7-12(13)14/h6-8,10H,4-5,9,14H2,1-3H3. The second kappa shape index (κ2) is 6.69. The molecule has 3 heteroatoms. The lowest BCUT2D eigenvalue weighted by molar-refractivity contribution is 0.414. The SMILES string of the molecule is CCC(CC)CSc1cc(OC)ccc1N. The van der Waals surface area contributed by atoms with E-state index in [0.29, 0.717) is 0 Å². The molecule has 0 spiro atoms. The van der Waals surface area contributed by atoms with Crippen LogP contribution in [0.5, 0.6) is 5.75 Å². The summed E-state index contributed by atoms with van der Waals surface area (Å²) in [5, 5.41) is 0. The second-order valence-electron chi connectivity index (χ2n) is 3.90. The average molecular weight is 239 g/mol. The van der Waals surface area contributed by atoms with E-state index in [-0.39, 0.29) is 0 Å². The summed E-state index contributed by atoms with van der Waals surface area (Å²) in [4.78, 5) is 1.13. The third kappa shape index (κ3) is 3.63. The zero-order chi connectivity index (χ0) is 12.0. The maximum absolute atomic E-state index is 5.94. The molecule has 0 fully saturated rings. The van der Waals surface area contributed by atoms with Crippen LogP contribution in [0.1, 0.15) is 26.7 Å². The summed E-state index contributed by atoms with van der Waals surface area (Å²) >= 11 is 1.83. The molecule has 0 radical (unpaired) electrons. The number of ether oxygens (including phenoxy) is 1. The predicted molar refractivity (Wildman–Crippen MR) is 72.2 cm³/mol. The van der Waals surface area contributed by atoms with Gasteiger partial charge < -0.3 is 10.5 Å². The van der Waals surface area contributed by atoms with Crippen LogP contribution in [-0.4, -0.2) is 12.9 Å². The van der Waals surface area contributed by atoms with Crippen molar-refractivity contribution in [2.24, 2.45) is 5.92 Å². The first-order chi connectivity index (χ1) is 7.71. The van der Waals surface area contributed by atoms with Crippen molar-refractivity contribution < 1.29 is 4.74 Å². The van der Waals surface area contributed by atoms with Gasteiger partial charge in [-0.1, -0.05) is 26.7 Å². The number of benzene rings is 1. The predicted octanol–water partition coefficient (Wildman–Crippen LogP) is 3.81. The van der Waals surface area contributed by atoms with Crippen molar-refractivity contribution in [2.75, 3.05) is 18.6 Å². The fourth-order valence-electron chi connectivity index (χ4n) is 1.50. The highest BCUT2D eigenvalue weighted by atomic mass is 32.2. The normalized spacial score (nSPS) is 10.8. The molecule has 0 aliphatic heterocycles. The Bertz CT molecular complexity index is 324. The minimum atomic E-state index is 0.774. The summed E-state index contributed by atoms with van der Waals surface area (Å²) in [5.41, 5.74) is 6.78. The monoisotopic (exact) mass is 239 g/mol. The zero-order valence-electron chi connectivity index (χ0n) is 10.3. The van der Waals surface area contributed by atoms with Gasteiger partial charge in [0.15, 0.2) is 0 Å². The third-order valence-corrected chi connectivity index (χ3v) is 4.15. The van der Waals surface area contributed by atoms with E-state index < -0.39 is 0 Å². The molecule has 0 bridgehead atoms. The summed E-state index contributed by atoms with van der Waals surface area (Å²) in [7, 11) is 1.68. The van der Waals surface area contributed by atoms with E-state index in [1.165, 1.54) is 12.8 Å². The number of nitrogens with two attached hydrogens (primary N) is 1. The first-order valence-corrected chi connectivity index (χ1v) is 6.76. The molecule has 0 aromatic heterocycles. The van der Waals surface area contributed by atoms with Crippen molar-refractivity contribution in [1.29, 1.82) is 0 Å². The summed E-state index contributed by atoms with van der Waals surface area (Å²) in [5.74, 6) is 2.78. The van der Waals surface area contributed by atoms with Gasteiger partial charge in [0.2, 0.25) is 0 Å². The van der Waals surface area contributed by atoms with Gasteiger partial charge >= 0.3 is 0 Å². The molecular formula is C13H21NOS. The average Bonchev–Trinajstić information content (AvgIpc) is 2.32. The lowest BCUT2D eigenvalue weighted by atomic mass is 10.1. The molecule has 1 aromatic rings. The smallest absolute Gasteiger partial charge is 0.120 e. The summed E-state index contributed by atoms with van der Waals surface area (Å²) in [6.45, 7) is 4.48. The van der Waals surface area contributed by atoms with Gasteiger partial charge in [0.1, 0.15) is 5.75 Å². The molecule has 0 aliphatic rings. The van der Waals surface area contributed by atoms with E-state index in [0.717, 1.165) is 28.0 Å². The largest absolute Gasteiger partial charge is 0.497 e. The van der Waals surface area contributed by atoms with Crippen molar-refractivity contribution >= 4 is 17.4 Å². The third-order valence-electron chi connectivity index (χ3n) is 2.85. The van der Waals surface area contributed by atoms with Gasteiger partial charge in [0.25, 0.3) is 0 Å².